The summed E-state index contributed by atoms with van der Waals surface area (Å²) in [5, 5.41) is 8.11. The fraction of sp³-hybridized carbons (Fsp3) is 0.375. The second-order valence-electron chi connectivity index (χ2n) is 8.52. The number of thiocarbonyl (C=S) groups is 1. The lowest BCUT2D eigenvalue weighted by molar-refractivity contribution is 0.256. The summed E-state index contributed by atoms with van der Waals surface area (Å²) in [6.45, 7) is 9.20. The summed E-state index contributed by atoms with van der Waals surface area (Å²) >= 11 is 11.8. The second-order valence-corrected chi connectivity index (χ2v) is 9.35. The van der Waals surface area contributed by atoms with Crippen molar-refractivity contribution < 1.29 is 0 Å². The Bertz CT molecular complexity index is 1280. The Morgan fingerprint density at radius 2 is 2.24 bits per heavy atom. The Morgan fingerprint density at radius 1 is 1.41 bits per heavy atom. The van der Waals surface area contributed by atoms with Gasteiger partial charge in [0.05, 0.1) is 42.2 Å². The highest BCUT2D eigenvalue weighted by molar-refractivity contribution is 7.80. The summed E-state index contributed by atoms with van der Waals surface area (Å²) in [5.41, 5.74) is 10.2. The molecule has 1 saturated heterocycles. The number of hydrazone groups is 1. The highest BCUT2D eigenvalue weighted by Gasteiger charge is 2.24. The van der Waals surface area contributed by atoms with E-state index in [0.717, 1.165) is 52.8 Å². The largest absolute Gasteiger partial charge is 0.375 e. The first-order chi connectivity index (χ1) is 16.4. The molecule has 1 atom stereocenters. The lowest BCUT2D eigenvalue weighted by atomic mass is 10.0. The van der Waals surface area contributed by atoms with Crippen molar-refractivity contribution in [1.29, 1.82) is 0 Å². The third-order valence-electron chi connectivity index (χ3n) is 6.23. The van der Waals surface area contributed by atoms with Crippen molar-refractivity contribution in [3.63, 3.8) is 0 Å². The number of nitrogens with two attached hydrogens (primary N) is 1. The molecule has 1 aliphatic heterocycles. The fourth-order valence-corrected chi connectivity index (χ4v) is 4.64. The molecule has 0 radical (unpaired) electrons. The lowest BCUT2D eigenvalue weighted by Gasteiger charge is -2.25. The number of aromatic nitrogens is 3. The molecule has 2 aromatic heterocycles. The van der Waals surface area contributed by atoms with E-state index in [1.54, 1.807) is 23.7 Å². The van der Waals surface area contributed by atoms with E-state index in [0.29, 0.717) is 30.6 Å². The van der Waals surface area contributed by atoms with Crippen LogP contribution in [0.3, 0.4) is 0 Å². The van der Waals surface area contributed by atoms with Crippen LogP contribution in [-0.4, -0.2) is 68.5 Å². The SMILES string of the molecule is [C-]#[N+]CCc1cc2c(C=NN(C[C@@H]3CCCN3C)C(N)=S)cc(-c3cncn3C)nc2cc1Cl. The quantitative estimate of drug-likeness (QED) is 0.233. The van der Waals surface area contributed by atoms with Gasteiger partial charge in [0.15, 0.2) is 5.11 Å². The maximum Gasteiger partial charge on any atom is 0.218 e. The van der Waals surface area contributed by atoms with Gasteiger partial charge in [0, 0.05) is 35.5 Å². The van der Waals surface area contributed by atoms with E-state index in [4.69, 9.17) is 41.1 Å². The average Bonchev–Trinajstić information content (AvgIpc) is 3.42. The van der Waals surface area contributed by atoms with Crippen molar-refractivity contribution in [2.75, 3.05) is 26.7 Å². The van der Waals surface area contributed by atoms with Gasteiger partial charge >= 0.3 is 0 Å². The maximum absolute atomic E-state index is 7.12. The van der Waals surface area contributed by atoms with Gasteiger partial charge in [-0.1, -0.05) is 11.6 Å². The van der Waals surface area contributed by atoms with Gasteiger partial charge in [-0.3, -0.25) is 0 Å². The summed E-state index contributed by atoms with van der Waals surface area (Å²) < 4.78 is 1.91. The third kappa shape index (κ3) is 5.20. The van der Waals surface area contributed by atoms with Crippen molar-refractivity contribution in [2.24, 2.45) is 17.9 Å². The van der Waals surface area contributed by atoms with E-state index >= 15 is 0 Å². The van der Waals surface area contributed by atoms with E-state index in [-0.39, 0.29) is 5.11 Å². The number of pyridine rings is 1. The first kappa shape index (κ1) is 24.1. The van der Waals surface area contributed by atoms with Gasteiger partial charge in [-0.05, 0) is 62.4 Å². The standard InChI is InChI=1S/C24H27ClN8S/c1-27-7-6-16-9-19-17(12-29-33(24(26)34)14-18-5-4-8-31(18)2)10-22(23-13-28-15-32(23)3)30-21(19)11-20(16)25/h9-13,15,18H,4-8,14H2,2-3H3,(H2,26,34)/t18-/m0/s1. The number of imidazole rings is 1. The minimum atomic E-state index is 0.238. The summed E-state index contributed by atoms with van der Waals surface area (Å²) in [7, 11) is 4.04. The maximum atomic E-state index is 7.12. The van der Waals surface area contributed by atoms with E-state index in [1.165, 1.54) is 0 Å². The number of nitrogens with zero attached hydrogens (tertiary/aromatic N) is 7. The van der Waals surface area contributed by atoms with Crippen LogP contribution in [-0.2, 0) is 13.5 Å². The number of hydrogen-bond acceptors (Lipinski definition) is 5. The number of hydrogen-bond donors (Lipinski definition) is 1. The Hall–Kier alpha value is -3.06. The predicted octanol–water partition coefficient (Wildman–Crippen LogP) is 3.72. The molecule has 1 fully saturated rings. The van der Waals surface area contributed by atoms with Crippen molar-refractivity contribution in [3.8, 4) is 11.4 Å². The van der Waals surface area contributed by atoms with Gasteiger partial charge in [-0.25, -0.2) is 21.5 Å². The zero-order valence-corrected chi connectivity index (χ0v) is 20.9. The average molecular weight is 495 g/mol. The van der Waals surface area contributed by atoms with Gasteiger partial charge < -0.3 is 20.0 Å². The highest BCUT2D eigenvalue weighted by Crippen LogP contribution is 2.29. The van der Waals surface area contributed by atoms with Crippen LogP contribution in [0.15, 0.2) is 35.8 Å². The minimum Gasteiger partial charge on any atom is -0.375 e. The number of likely N-dealkylation sites (N-methyl/N-ethyl adjacent to an activating group) is 1. The Labute approximate surface area is 209 Å². The number of benzene rings is 1. The van der Waals surface area contributed by atoms with Crippen LogP contribution in [0.2, 0.25) is 5.02 Å². The van der Waals surface area contributed by atoms with E-state index in [1.807, 2.05) is 29.8 Å². The van der Waals surface area contributed by atoms with E-state index < -0.39 is 0 Å². The minimum absolute atomic E-state index is 0.238. The molecule has 0 aliphatic carbocycles. The highest BCUT2D eigenvalue weighted by atomic mass is 35.5. The number of aryl methyl sites for hydroxylation is 1. The van der Waals surface area contributed by atoms with Crippen LogP contribution in [0, 0.1) is 6.57 Å². The Balaban J connectivity index is 1.78. The molecular formula is C24H27ClN8S. The molecule has 0 saturated carbocycles. The van der Waals surface area contributed by atoms with Crippen LogP contribution in [0.5, 0.6) is 0 Å². The van der Waals surface area contributed by atoms with Crippen molar-refractivity contribution in [3.05, 3.63) is 58.3 Å². The topological polar surface area (TPSA) is 79.9 Å². The molecule has 3 heterocycles. The molecule has 0 spiro atoms. The molecule has 34 heavy (non-hydrogen) atoms. The summed E-state index contributed by atoms with van der Waals surface area (Å²) in [6, 6.07) is 6.19. The molecule has 0 bridgehead atoms. The van der Waals surface area contributed by atoms with Crippen LogP contribution in [0.4, 0.5) is 0 Å². The zero-order chi connectivity index (χ0) is 24.2. The Morgan fingerprint density at radius 3 is 2.88 bits per heavy atom. The molecular weight excluding hydrogens is 468 g/mol. The fourth-order valence-electron chi connectivity index (χ4n) is 4.26. The smallest absolute Gasteiger partial charge is 0.218 e. The monoisotopic (exact) mass is 494 g/mol. The normalized spacial score (nSPS) is 16.4. The number of rotatable bonds is 7. The first-order valence-corrected chi connectivity index (χ1v) is 11.9. The van der Waals surface area contributed by atoms with Crippen LogP contribution >= 0.6 is 23.8 Å². The number of likely N-dealkylation sites (tertiary alicyclic amines) is 1. The van der Waals surface area contributed by atoms with Gasteiger partial charge in [0.25, 0.3) is 0 Å². The molecule has 10 heteroatoms. The summed E-state index contributed by atoms with van der Waals surface area (Å²) in [4.78, 5) is 14.8. The molecule has 1 aromatic carbocycles. The van der Waals surface area contributed by atoms with Gasteiger partial charge in [0.1, 0.15) is 0 Å². The van der Waals surface area contributed by atoms with Crippen LogP contribution in [0.1, 0.15) is 24.0 Å². The molecule has 176 valence electrons. The first-order valence-electron chi connectivity index (χ1n) is 11.1. The third-order valence-corrected chi connectivity index (χ3v) is 6.79. The van der Waals surface area contributed by atoms with Crippen LogP contribution in [0.25, 0.3) is 27.1 Å². The second kappa shape index (κ2) is 10.5. The van der Waals surface area contributed by atoms with Gasteiger partial charge in [0.2, 0.25) is 6.54 Å². The predicted molar refractivity (Wildman–Crippen MR) is 141 cm³/mol. The zero-order valence-electron chi connectivity index (χ0n) is 19.3. The number of halogens is 1. The van der Waals surface area contributed by atoms with Crippen molar-refractivity contribution in [1.82, 2.24) is 24.4 Å². The molecule has 0 amide bonds. The van der Waals surface area contributed by atoms with Crippen molar-refractivity contribution in [2.45, 2.75) is 25.3 Å². The molecule has 8 nitrogen and oxygen atoms in total. The van der Waals surface area contributed by atoms with E-state index in [9.17, 15) is 0 Å². The Kier molecular flexibility index (Phi) is 7.41. The molecule has 4 rings (SSSR count). The van der Waals surface area contributed by atoms with Crippen LogP contribution < -0.4 is 5.73 Å². The summed E-state index contributed by atoms with van der Waals surface area (Å²) in [5.74, 6) is 0. The molecule has 1 aliphatic rings. The van der Waals surface area contributed by atoms with E-state index in [2.05, 4.69) is 26.9 Å². The molecule has 0 unspecified atom stereocenters. The van der Waals surface area contributed by atoms with Crippen molar-refractivity contribution >= 4 is 46.0 Å². The molecule has 3 aromatic rings. The summed E-state index contributed by atoms with van der Waals surface area (Å²) in [6.07, 6.45) is 8.13. The van der Waals surface area contributed by atoms with Gasteiger partial charge in [-0.2, -0.15) is 5.10 Å². The number of fused-ring (bicyclic) bond motifs is 1. The molecule has 2 N–H and O–H groups in total. The lowest BCUT2D eigenvalue weighted by Crippen LogP contribution is -2.41. The van der Waals surface area contributed by atoms with Gasteiger partial charge in [-0.15, -0.1) is 0 Å².